The van der Waals surface area contributed by atoms with Gasteiger partial charge in [0.15, 0.2) is 0 Å². The van der Waals surface area contributed by atoms with Gasteiger partial charge >= 0.3 is 0 Å². The van der Waals surface area contributed by atoms with Gasteiger partial charge in [0.2, 0.25) is 5.91 Å². The molecule has 2 N–H and O–H groups in total. The fraction of sp³-hybridized carbons (Fsp3) is 0.444. The van der Waals surface area contributed by atoms with Crippen molar-refractivity contribution in [3.63, 3.8) is 0 Å². The standard InChI is InChI=1S/C36H43FN4O3/c1-25-8-5-12-32(37)33(25)36(43)41-21-7-11-31(34(41)26-13-15-27(16-14-26)38-28-17-22-44-23-18-28)35(42)39-29-9-6-10-30(24-29)40-19-3-2-4-20-40/h5-6,8-10,12-16,24,28,31,34,38H,2-4,7,11,17-23H2,1H3,(H,39,42)/t31-,34-/m0/s1. The van der Waals surface area contributed by atoms with Crippen LogP contribution in [0.3, 0.4) is 0 Å². The van der Waals surface area contributed by atoms with Crippen molar-refractivity contribution in [3.8, 4) is 0 Å². The number of amides is 2. The first-order valence-corrected chi connectivity index (χ1v) is 16.1. The van der Waals surface area contributed by atoms with Gasteiger partial charge in [0.1, 0.15) is 5.82 Å². The lowest BCUT2D eigenvalue weighted by molar-refractivity contribution is -0.123. The van der Waals surface area contributed by atoms with E-state index in [1.165, 1.54) is 25.3 Å². The lowest BCUT2D eigenvalue weighted by Crippen LogP contribution is -2.46. The number of halogens is 1. The average Bonchev–Trinajstić information content (AvgIpc) is 3.06. The number of piperidine rings is 2. The fourth-order valence-electron chi connectivity index (χ4n) is 6.98. The van der Waals surface area contributed by atoms with Gasteiger partial charge in [0.25, 0.3) is 5.91 Å². The summed E-state index contributed by atoms with van der Waals surface area (Å²) in [5.74, 6) is -1.53. The predicted octanol–water partition coefficient (Wildman–Crippen LogP) is 6.95. The minimum atomic E-state index is -0.536. The Morgan fingerprint density at radius 2 is 1.59 bits per heavy atom. The Morgan fingerprint density at radius 1 is 0.841 bits per heavy atom. The summed E-state index contributed by atoms with van der Waals surface area (Å²) in [5.41, 5.74) is 4.39. The molecule has 3 heterocycles. The number of nitrogens with one attached hydrogen (secondary N) is 2. The van der Waals surface area contributed by atoms with Crippen LogP contribution in [0.4, 0.5) is 21.5 Å². The zero-order chi connectivity index (χ0) is 30.5. The number of benzene rings is 3. The second-order valence-corrected chi connectivity index (χ2v) is 12.4. The largest absolute Gasteiger partial charge is 0.382 e. The highest BCUT2D eigenvalue weighted by Crippen LogP contribution is 2.39. The van der Waals surface area contributed by atoms with E-state index in [4.69, 9.17) is 4.74 Å². The van der Waals surface area contributed by atoms with Crippen molar-refractivity contribution in [2.45, 2.75) is 64.0 Å². The summed E-state index contributed by atoms with van der Waals surface area (Å²) >= 11 is 0. The zero-order valence-electron chi connectivity index (χ0n) is 25.6. The van der Waals surface area contributed by atoms with Gasteiger partial charge in [-0.05, 0) is 99.4 Å². The molecule has 6 rings (SSSR count). The summed E-state index contributed by atoms with van der Waals surface area (Å²) < 4.78 is 20.5. The lowest BCUT2D eigenvalue weighted by atomic mass is 9.83. The molecule has 0 bridgehead atoms. The number of anilines is 3. The van der Waals surface area contributed by atoms with E-state index in [1.807, 2.05) is 42.5 Å². The van der Waals surface area contributed by atoms with Crippen molar-refractivity contribution >= 4 is 28.9 Å². The van der Waals surface area contributed by atoms with Gasteiger partial charge in [0, 0.05) is 56.0 Å². The highest BCUT2D eigenvalue weighted by molar-refractivity contribution is 5.98. The SMILES string of the molecule is Cc1cccc(F)c1C(=O)N1CCC[C@H](C(=O)Nc2cccc(N3CCCCC3)c2)[C@@H]1c1ccc(NC2CCOCC2)cc1. The van der Waals surface area contributed by atoms with Crippen molar-refractivity contribution in [1.82, 2.24) is 4.90 Å². The van der Waals surface area contributed by atoms with Crippen LogP contribution >= 0.6 is 0 Å². The van der Waals surface area contributed by atoms with Gasteiger partial charge in [0.05, 0.1) is 17.5 Å². The molecule has 0 saturated carbocycles. The summed E-state index contributed by atoms with van der Waals surface area (Å²) in [5, 5.41) is 6.77. The molecule has 8 heteroatoms. The van der Waals surface area contributed by atoms with Crippen LogP contribution in [0.1, 0.15) is 72.5 Å². The fourth-order valence-corrected chi connectivity index (χ4v) is 6.98. The molecule has 3 aromatic rings. The molecule has 232 valence electrons. The molecule has 3 aliphatic rings. The molecule has 3 aliphatic heterocycles. The molecule has 7 nitrogen and oxygen atoms in total. The zero-order valence-corrected chi connectivity index (χ0v) is 25.6. The van der Waals surface area contributed by atoms with Crippen molar-refractivity contribution in [3.05, 3.63) is 89.2 Å². The van der Waals surface area contributed by atoms with E-state index < -0.39 is 17.8 Å². The third-order valence-corrected chi connectivity index (χ3v) is 9.34. The smallest absolute Gasteiger partial charge is 0.257 e. The van der Waals surface area contributed by atoms with Crippen LogP contribution in [0.5, 0.6) is 0 Å². The lowest BCUT2D eigenvalue weighted by Gasteiger charge is -2.41. The number of carbonyl (C=O) groups excluding carboxylic acids is 2. The predicted molar refractivity (Wildman–Crippen MR) is 173 cm³/mol. The Hall–Kier alpha value is -3.91. The van der Waals surface area contributed by atoms with E-state index in [0.29, 0.717) is 31.0 Å². The van der Waals surface area contributed by atoms with Crippen LogP contribution in [0.25, 0.3) is 0 Å². The van der Waals surface area contributed by atoms with Gasteiger partial charge < -0.3 is 25.2 Å². The van der Waals surface area contributed by atoms with Crippen LogP contribution in [0.2, 0.25) is 0 Å². The minimum absolute atomic E-state index is 0.0746. The monoisotopic (exact) mass is 598 g/mol. The number of aryl methyl sites for hydroxylation is 1. The van der Waals surface area contributed by atoms with E-state index in [-0.39, 0.29) is 17.4 Å². The van der Waals surface area contributed by atoms with Gasteiger partial charge in [-0.1, -0.05) is 30.3 Å². The molecule has 44 heavy (non-hydrogen) atoms. The maximum absolute atomic E-state index is 15.0. The molecule has 0 radical (unpaired) electrons. The quantitative estimate of drug-likeness (QED) is 0.308. The second-order valence-electron chi connectivity index (χ2n) is 12.4. The summed E-state index contributed by atoms with van der Waals surface area (Å²) in [7, 11) is 0. The third kappa shape index (κ3) is 6.75. The van der Waals surface area contributed by atoms with Crippen molar-refractivity contribution in [2.24, 2.45) is 5.92 Å². The molecule has 0 spiro atoms. The van der Waals surface area contributed by atoms with E-state index in [9.17, 15) is 9.59 Å². The van der Waals surface area contributed by atoms with Crippen LogP contribution in [-0.2, 0) is 9.53 Å². The van der Waals surface area contributed by atoms with Crippen molar-refractivity contribution in [1.29, 1.82) is 0 Å². The van der Waals surface area contributed by atoms with E-state index in [1.54, 1.807) is 24.0 Å². The Balaban J connectivity index is 1.28. The molecular formula is C36H43FN4O3. The van der Waals surface area contributed by atoms with Crippen molar-refractivity contribution in [2.75, 3.05) is 48.4 Å². The number of hydrogen-bond donors (Lipinski definition) is 2. The highest BCUT2D eigenvalue weighted by atomic mass is 19.1. The van der Waals surface area contributed by atoms with Gasteiger partial charge in [-0.25, -0.2) is 4.39 Å². The topological polar surface area (TPSA) is 73.9 Å². The molecule has 3 aromatic carbocycles. The first-order valence-electron chi connectivity index (χ1n) is 16.1. The summed E-state index contributed by atoms with van der Waals surface area (Å²) in [6.07, 6.45) is 6.80. The van der Waals surface area contributed by atoms with Crippen LogP contribution in [0, 0.1) is 18.7 Å². The van der Waals surface area contributed by atoms with Gasteiger partial charge in [-0.15, -0.1) is 0 Å². The summed E-state index contributed by atoms with van der Waals surface area (Å²) in [4.78, 5) is 32.2. The number of hydrogen-bond acceptors (Lipinski definition) is 5. The Morgan fingerprint density at radius 3 is 2.34 bits per heavy atom. The molecular weight excluding hydrogens is 555 g/mol. The minimum Gasteiger partial charge on any atom is -0.382 e. The first kappa shape index (κ1) is 30.1. The van der Waals surface area contributed by atoms with Crippen LogP contribution in [0.15, 0.2) is 66.7 Å². The summed E-state index contributed by atoms with van der Waals surface area (Å²) in [6, 6.07) is 20.6. The van der Waals surface area contributed by atoms with E-state index in [0.717, 1.165) is 61.8 Å². The first-order chi connectivity index (χ1) is 21.5. The molecule has 0 unspecified atom stereocenters. The van der Waals surface area contributed by atoms with Gasteiger partial charge in [-0.3, -0.25) is 9.59 Å². The Labute approximate surface area is 259 Å². The third-order valence-electron chi connectivity index (χ3n) is 9.34. The normalized spacial score (nSPS) is 21.1. The summed E-state index contributed by atoms with van der Waals surface area (Å²) in [6.45, 7) is 5.76. The highest BCUT2D eigenvalue weighted by Gasteiger charge is 2.40. The number of ether oxygens (including phenoxy) is 1. The molecule has 2 atom stereocenters. The van der Waals surface area contributed by atoms with Crippen LogP contribution < -0.4 is 15.5 Å². The number of likely N-dealkylation sites (tertiary alicyclic amines) is 1. The Kier molecular flexibility index (Phi) is 9.45. The maximum Gasteiger partial charge on any atom is 0.257 e. The molecule has 2 amide bonds. The van der Waals surface area contributed by atoms with Gasteiger partial charge in [-0.2, -0.15) is 0 Å². The number of rotatable bonds is 7. The Bertz CT molecular complexity index is 1430. The van der Waals surface area contributed by atoms with E-state index >= 15 is 4.39 Å². The maximum atomic E-state index is 15.0. The molecule has 3 saturated heterocycles. The van der Waals surface area contributed by atoms with Crippen LogP contribution in [-0.4, -0.2) is 55.6 Å². The number of carbonyl (C=O) groups is 2. The molecule has 3 fully saturated rings. The van der Waals surface area contributed by atoms with Crippen molar-refractivity contribution < 1.29 is 18.7 Å². The second kappa shape index (κ2) is 13.8. The van der Waals surface area contributed by atoms with E-state index in [2.05, 4.69) is 21.6 Å². The molecule has 0 aliphatic carbocycles. The average molecular weight is 599 g/mol. The molecule has 0 aromatic heterocycles. The number of nitrogens with zero attached hydrogens (tertiary/aromatic N) is 2.